The molecular formula is C19H24N2O2. The molecule has 122 valence electrons. The van der Waals surface area contributed by atoms with Crippen molar-refractivity contribution in [2.75, 3.05) is 13.2 Å². The van der Waals surface area contributed by atoms with Crippen LogP contribution in [0.5, 0.6) is 0 Å². The van der Waals surface area contributed by atoms with Crippen LogP contribution in [0.15, 0.2) is 30.5 Å². The first-order valence-electron chi connectivity index (χ1n) is 8.47. The zero-order valence-corrected chi connectivity index (χ0v) is 13.8. The summed E-state index contributed by atoms with van der Waals surface area (Å²) in [7, 11) is 0. The average molecular weight is 312 g/mol. The number of unbranched alkanes of at least 4 members (excludes halogenated alkanes) is 1. The summed E-state index contributed by atoms with van der Waals surface area (Å²) in [6.45, 7) is 5.27. The predicted molar refractivity (Wildman–Crippen MR) is 93.2 cm³/mol. The number of hydrogen-bond acceptors (Lipinski definition) is 3. The molecule has 0 spiro atoms. The normalized spacial score (nSPS) is 17.1. The van der Waals surface area contributed by atoms with Crippen LogP contribution in [0.4, 0.5) is 0 Å². The van der Waals surface area contributed by atoms with Gasteiger partial charge in [-0.05, 0) is 25.0 Å². The molecule has 2 N–H and O–H groups in total. The van der Waals surface area contributed by atoms with Crippen LogP contribution in [0.3, 0.4) is 0 Å². The monoisotopic (exact) mass is 312 g/mol. The molecule has 2 heterocycles. The van der Waals surface area contributed by atoms with Crippen molar-refractivity contribution in [3.05, 3.63) is 41.7 Å². The van der Waals surface area contributed by atoms with E-state index in [1.165, 1.54) is 23.8 Å². The van der Waals surface area contributed by atoms with Crippen LogP contribution >= 0.6 is 0 Å². The van der Waals surface area contributed by atoms with E-state index in [4.69, 9.17) is 4.74 Å². The molecule has 4 heteroatoms. The Bertz CT molecular complexity index is 730. The molecule has 0 bridgehead atoms. The molecule has 1 atom stereocenters. The molecule has 0 saturated carbocycles. The number of carbonyl (C=O) groups excluding carboxylic acids is 1. The molecule has 1 aromatic carbocycles. The summed E-state index contributed by atoms with van der Waals surface area (Å²) in [6.07, 6.45) is 5.27. The van der Waals surface area contributed by atoms with Gasteiger partial charge in [-0.15, -0.1) is 0 Å². The molecule has 23 heavy (non-hydrogen) atoms. The first-order chi connectivity index (χ1) is 11.3. The fourth-order valence-electron chi connectivity index (χ4n) is 3.34. The zero-order chi connectivity index (χ0) is 16.2. The van der Waals surface area contributed by atoms with E-state index in [2.05, 4.69) is 35.4 Å². The highest BCUT2D eigenvalue weighted by atomic mass is 16.5. The fraction of sp³-hybridized carbons (Fsp3) is 0.421. The number of hydrogen-bond donors (Lipinski definition) is 2. The largest absolute Gasteiger partial charge is 0.462 e. The number of para-hydroxylation sites is 1. The molecule has 3 rings (SSSR count). The number of carbonyl (C=O) groups is 1. The van der Waals surface area contributed by atoms with Gasteiger partial charge in [-0.3, -0.25) is 0 Å². The van der Waals surface area contributed by atoms with E-state index in [-0.39, 0.29) is 5.97 Å². The second-order valence-corrected chi connectivity index (χ2v) is 5.99. The maximum atomic E-state index is 12.4. The molecule has 1 unspecified atom stereocenters. The lowest BCUT2D eigenvalue weighted by Crippen LogP contribution is -2.15. The van der Waals surface area contributed by atoms with Crippen molar-refractivity contribution in [2.45, 2.75) is 39.0 Å². The highest BCUT2D eigenvalue weighted by Gasteiger charge is 2.28. The van der Waals surface area contributed by atoms with Crippen LogP contribution < -0.4 is 5.32 Å². The van der Waals surface area contributed by atoms with Crippen molar-refractivity contribution >= 4 is 22.4 Å². The van der Waals surface area contributed by atoms with E-state index in [1.807, 2.05) is 13.0 Å². The highest BCUT2D eigenvalue weighted by molar-refractivity contribution is 6.17. The summed E-state index contributed by atoms with van der Waals surface area (Å²) in [5.74, 6) is 0.119. The van der Waals surface area contributed by atoms with Gasteiger partial charge in [0.05, 0.1) is 17.9 Å². The second-order valence-electron chi connectivity index (χ2n) is 5.99. The number of ether oxygens (including phenoxy) is 1. The first-order valence-corrected chi connectivity index (χ1v) is 8.47. The van der Waals surface area contributed by atoms with Gasteiger partial charge in [-0.25, -0.2) is 4.79 Å². The van der Waals surface area contributed by atoms with Crippen molar-refractivity contribution in [2.24, 2.45) is 0 Å². The third-order valence-corrected chi connectivity index (χ3v) is 4.44. The molecule has 2 aromatic rings. The van der Waals surface area contributed by atoms with Crippen molar-refractivity contribution in [3.8, 4) is 0 Å². The van der Waals surface area contributed by atoms with Gasteiger partial charge in [-0.1, -0.05) is 38.0 Å². The number of H-pyrrole nitrogens is 1. The Morgan fingerprint density at radius 3 is 2.91 bits per heavy atom. The van der Waals surface area contributed by atoms with Gasteiger partial charge in [0.15, 0.2) is 0 Å². The SMILES string of the molecule is CCCCC1CNC=C(C(=O)OCC)c2[nH]c3ccccc3c21. The highest BCUT2D eigenvalue weighted by Crippen LogP contribution is 2.37. The van der Waals surface area contributed by atoms with Crippen LogP contribution in [0.25, 0.3) is 16.5 Å². The molecule has 4 nitrogen and oxygen atoms in total. The minimum absolute atomic E-state index is 0.274. The second kappa shape index (κ2) is 6.90. The number of aromatic amines is 1. The van der Waals surface area contributed by atoms with E-state index in [0.717, 1.165) is 24.2 Å². The maximum absolute atomic E-state index is 12.4. The van der Waals surface area contributed by atoms with E-state index >= 15 is 0 Å². The Balaban J connectivity index is 2.11. The fourth-order valence-corrected chi connectivity index (χ4v) is 3.34. The Kier molecular flexibility index (Phi) is 4.70. The summed E-state index contributed by atoms with van der Waals surface area (Å²) in [5.41, 5.74) is 3.84. The van der Waals surface area contributed by atoms with E-state index in [9.17, 15) is 4.79 Å². The number of rotatable bonds is 5. The Labute approximate surface area is 136 Å². The third kappa shape index (κ3) is 2.98. The molecule has 1 aromatic heterocycles. The van der Waals surface area contributed by atoms with Gasteiger partial charge in [-0.2, -0.15) is 0 Å². The quantitative estimate of drug-likeness (QED) is 0.822. The van der Waals surface area contributed by atoms with Crippen LogP contribution in [0.1, 0.15) is 50.3 Å². The van der Waals surface area contributed by atoms with Crippen LogP contribution in [0.2, 0.25) is 0 Å². The Morgan fingerprint density at radius 1 is 1.30 bits per heavy atom. The van der Waals surface area contributed by atoms with Gasteiger partial charge in [0.2, 0.25) is 0 Å². The Morgan fingerprint density at radius 2 is 2.13 bits per heavy atom. The molecule has 0 radical (unpaired) electrons. The van der Waals surface area contributed by atoms with Crippen molar-refractivity contribution in [1.82, 2.24) is 10.3 Å². The van der Waals surface area contributed by atoms with E-state index in [1.54, 1.807) is 6.20 Å². The summed E-state index contributed by atoms with van der Waals surface area (Å²) in [6, 6.07) is 8.28. The predicted octanol–water partition coefficient (Wildman–Crippen LogP) is 3.95. The number of benzene rings is 1. The van der Waals surface area contributed by atoms with Crippen LogP contribution in [-0.4, -0.2) is 24.1 Å². The number of nitrogens with one attached hydrogen (secondary N) is 2. The summed E-state index contributed by atoms with van der Waals surface area (Å²) < 4.78 is 5.24. The number of aromatic nitrogens is 1. The standard InChI is InChI=1S/C19H24N2O2/c1-3-5-8-13-11-20-12-15(19(22)23-4-2)18-17(13)14-9-6-7-10-16(14)21-18/h6-7,9-10,12-13,20-21H,3-5,8,11H2,1-2H3. The van der Waals surface area contributed by atoms with Gasteiger partial charge in [0.1, 0.15) is 0 Å². The van der Waals surface area contributed by atoms with Gasteiger partial charge < -0.3 is 15.0 Å². The molecule has 0 saturated heterocycles. The molecule has 1 aliphatic rings. The van der Waals surface area contributed by atoms with Gasteiger partial charge >= 0.3 is 5.97 Å². The molecule has 0 amide bonds. The summed E-state index contributed by atoms with van der Waals surface area (Å²) >= 11 is 0. The van der Waals surface area contributed by atoms with Crippen LogP contribution in [-0.2, 0) is 9.53 Å². The molecular weight excluding hydrogens is 288 g/mol. The Hall–Kier alpha value is -2.23. The first kappa shape index (κ1) is 15.7. The minimum atomic E-state index is -0.274. The van der Waals surface area contributed by atoms with Crippen LogP contribution in [0, 0.1) is 0 Å². The summed E-state index contributed by atoms with van der Waals surface area (Å²) in [4.78, 5) is 15.8. The topological polar surface area (TPSA) is 54.1 Å². The average Bonchev–Trinajstić information content (AvgIpc) is 2.84. The molecule has 0 fully saturated rings. The molecule has 0 aliphatic carbocycles. The smallest absolute Gasteiger partial charge is 0.341 e. The third-order valence-electron chi connectivity index (χ3n) is 4.44. The lowest BCUT2D eigenvalue weighted by Gasteiger charge is -2.16. The van der Waals surface area contributed by atoms with Crippen molar-refractivity contribution in [3.63, 3.8) is 0 Å². The van der Waals surface area contributed by atoms with Crippen molar-refractivity contribution in [1.29, 1.82) is 0 Å². The summed E-state index contributed by atoms with van der Waals surface area (Å²) in [5, 5.41) is 4.52. The number of esters is 1. The van der Waals surface area contributed by atoms with Gasteiger partial charge in [0.25, 0.3) is 0 Å². The van der Waals surface area contributed by atoms with Crippen molar-refractivity contribution < 1.29 is 9.53 Å². The lowest BCUT2D eigenvalue weighted by atomic mass is 9.90. The van der Waals surface area contributed by atoms with E-state index in [0.29, 0.717) is 18.1 Å². The lowest BCUT2D eigenvalue weighted by molar-refractivity contribution is -0.136. The molecule has 1 aliphatic heterocycles. The van der Waals surface area contributed by atoms with Gasteiger partial charge in [0, 0.05) is 29.6 Å². The minimum Gasteiger partial charge on any atom is -0.462 e. The van der Waals surface area contributed by atoms with E-state index < -0.39 is 0 Å². The maximum Gasteiger partial charge on any atom is 0.341 e. The number of fused-ring (bicyclic) bond motifs is 3. The zero-order valence-electron chi connectivity index (χ0n) is 13.8.